The Morgan fingerprint density at radius 2 is 1.44 bits per heavy atom. The molecule has 2 atom stereocenters. The highest BCUT2D eigenvalue weighted by atomic mass is 16.2. The molecule has 2 aromatic rings. The van der Waals surface area contributed by atoms with E-state index in [0.717, 1.165) is 26.2 Å². The van der Waals surface area contributed by atoms with Crippen LogP contribution in [-0.4, -0.2) is 43.0 Å². The van der Waals surface area contributed by atoms with Crippen molar-refractivity contribution in [3.63, 3.8) is 0 Å². The van der Waals surface area contributed by atoms with Gasteiger partial charge in [-0.05, 0) is 26.0 Å². The fourth-order valence-electron chi connectivity index (χ4n) is 3.49. The molecule has 25 heavy (non-hydrogen) atoms. The maximum atomic E-state index is 12.8. The molecule has 3 rings (SSSR count). The molecule has 0 aliphatic carbocycles. The van der Waals surface area contributed by atoms with E-state index >= 15 is 0 Å². The highest BCUT2D eigenvalue weighted by molar-refractivity contribution is 5.80. The highest BCUT2D eigenvalue weighted by Crippen LogP contribution is 2.16. The lowest BCUT2D eigenvalue weighted by Crippen LogP contribution is -2.92. The Kier molecular flexibility index (Phi) is 5.71. The molecule has 1 aliphatic rings. The molecule has 1 aliphatic heterocycles. The molecule has 2 N–H and O–H groups in total. The Morgan fingerprint density at radius 1 is 0.880 bits per heavy atom. The van der Waals surface area contributed by atoms with Crippen LogP contribution in [0.2, 0.25) is 0 Å². The minimum absolute atomic E-state index is 0.0570. The van der Waals surface area contributed by atoms with Gasteiger partial charge in [0.2, 0.25) is 0 Å². The quantitative estimate of drug-likeness (QED) is 0.906. The minimum atomic E-state index is -0.0570. The van der Waals surface area contributed by atoms with E-state index in [1.54, 1.807) is 0 Å². The van der Waals surface area contributed by atoms with Crippen molar-refractivity contribution in [2.45, 2.75) is 25.9 Å². The second-order valence-electron chi connectivity index (χ2n) is 6.83. The first kappa shape index (κ1) is 17.5. The van der Waals surface area contributed by atoms with Crippen LogP contribution in [0.1, 0.15) is 25.5 Å². The van der Waals surface area contributed by atoms with Crippen LogP contribution in [0.15, 0.2) is 60.7 Å². The van der Waals surface area contributed by atoms with Crippen LogP contribution >= 0.6 is 0 Å². The number of anilines is 1. The Bertz CT molecular complexity index is 666. The molecule has 1 fully saturated rings. The Balaban J connectivity index is 1.52. The first-order valence-corrected chi connectivity index (χ1v) is 9.14. The van der Waals surface area contributed by atoms with Gasteiger partial charge in [0.1, 0.15) is 6.04 Å². The summed E-state index contributed by atoms with van der Waals surface area (Å²) in [5.41, 5.74) is 2.50. The number of benzene rings is 2. The van der Waals surface area contributed by atoms with Gasteiger partial charge < -0.3 is 15.1 Å². The molecule has 1 amide bonds. The van der Waals surface area contributed by atoms with Crippen molar-refractivity contribution < 1.29 is 10.1 Å². The summed E-state index contributed by atoms with van der Waals surface area (Å²) >= 11 is 0. The molecule has 4 heteroatoms. The third kappa shape index (κ3) is 4.40. The number of hydrogen-bond donors (Lipinski definition) is 1. The molecule has 0 unspecified atom stereocenters. The smallest absolute Gasteiger partial charge is 0.280 e. The number of rotatable bonds is 5. The predicted molar refractivity (Wildman–Crippen MR) is 101 cm³/mol. The fraction of sp³-hybridized carbons (Fsp3) is 0.381. The molecule has 1 saturated heterocycles. The normalized spacial score (nSPS) is 17.2. The number of carbonyl (C=O) groups excluding carboxylic acids is 1. The maximum absolute atomic E-state index is 12.8. The van der Waals surface area contributed by atoms with Gasteiger partial charge in [-0.25, -0.2) is 0 Å². The van der Waals surface area contributed by atoms with Crippen LogP contribution in [-0.2, 0) is 4.79 Å². The summed E-state index contributed by atoms with van der Waals surface area (Å²) in [6.07, 6.45) is 0. The summed E-state index contributed by atoms with van der Waals surface area (Å²) in [4.78, 5) is 17.1. The van der Waals surface area contributed by atoms with Gasteiger partial charge in [0.15, 0.2) is 6.04 Å². The highest BCUT2D eigenvalue weighted by Gasteiger charge is 2.28. The largest absolute Gasteiger partial charge is 0.368 e. The number of para-hydroxylation sites is 1. The van der Waals surface area contributed by atoms with Crippen LogP contribution in [0.25, 0.3) is 0 Å². The van der Waals surface area contributed by atoms with E-state index in [9.17, 15) is 4.79 Å². The molecule has 0 saturated carbocycles. The van der Waals surface area contributed by atoms with Crippen molar-refractivity contribution in [2.75, 3.05) is 31.1 Å². The first-order valence-electron chi connectivity index (χ1n) is 9.14. The molecule has 0 bridgehead atoms. The van der Waals surface area contributed by atoms with E-state index < -0.39 is 0 Å². The van der Waals surface area contributed by atoms with Gasteiger partial charge in [-0.3, -0.25) is 4.79 Å². The molecular formula is C21H28N3O+. The van der Waals surface area contributed by atoms with E-state index in [0.29, 0.717) is 0 Å². The van der Waals surface area contributed by atoms with E-state index in [1.807, 2.05) is 24.0 Å². The standard InChI is InChI=1S/C21H27N3O/c1-17(19-9-5-3-6-10-19)22-18(2)21(25)24-15-13-23(14-16-24)20-11-7-4-8-12-20/h3-12,17-18,22H,13-16H2,1-2H3/p+1/t17-,18-/m1/s1. The van der Waals surface area contributed by atoms with Gasteiger partial charge in [0, 0.05) is 37.4 Å². The Morgan fingerprint density at radius 3 is 2.04 bits per heavy atom. The fourth-order valence-corrected chi connectivity index (χ4v) is 3.49. The van der Waals surface area contributed by atoms with E-state index in [1.165, 1.54) is 11.3 Å². The second kappa shape index (κ2) is 8.17. The lowest BCUT2D eigenvalue weighted by Gasteiger charge is -2.36. The van der Waals surface area contributed by atoms with Gasteiger partial charge in [-0.2, -0.15) is 0 Å². The van der Waals surface area contributed by atoms with Gasteiger partial charge in [0.05, 0.1) is 0 Å². The molecule has 0 radical (unpaired) electrons. The van der Waals surface area contributed by atoms with Crippen molar-refractivity contribution in [3.05, 3.63) is 66.2 Å². The molecule has 0 spiro atoms. The maximum Gasteiger partial charge on any atom is 0.280 e. The van der Waals surface area contributed by atoms with Crippen molar-refractivity contribution in [1.29, 1.82) is 0 Å². The number of amides is 1. The van der Waals surface area contributed by atoms with Crippen LogP contribution in [0.5, 0.6) is 0 Å². The topological polar surface area (TPSA) is 40.2 Å². The summed E-state index contributed by atoms with van der Waals surface area (Å²) < 4.78 is 0. The molecule has 0 aromatic heterocycles. The third-order valence-corrected chi connectivity index (χ3v) is 5.00. The van der Waals surface area contributed by atoms with Crippen LogP contribution in [0.3, 0.4) is 0 Å². The number of quaternary nitrogens is 1. The van der Waals surface area contributed by atoms with E-state index in [-0.39, 0.29) is 18.0 Å². The van der Waals surface area contributed by atoms with E-state index in [2.05, 4.69) is 65.7 Å². The SMILES string of the molecule is C[C@@H]([NH2+][C@H](C)c1ccccc1)C(=O)N1CCN(c2ccccc2)CC1. The molecule has 132 valence electrons. The van der Waals surface area contributed by atoms with Crippen molar-refractivity contribution in [2.24, 2.45) is 0 Å². The summed E-state index contributed by atoms with van der Waals surface area (Å²) in [6, 6.07) is 21.0. The summed E-state index contributed by atoms with van der Waals surface area (Å²) in [7, 11) is 0. The number of nitrogens with two attached hydrogens (primary N) is 1. The first-order chi connectivity index (χ1) is 12.1. The van der Waals surface area contributed by atoms with Gasteiger partial charge in [-0.15, -0.1) is 0 Å². The molecule has 1 heterocycles. The van der Waals surface area contributed by atoms with Crippen molar-refractivity contribution in [1.82, 2.24) is 4.90 Å². The van der Waals surface area contributed by atoms with Crippen LogP contribution in [0, 0.1) is 0 Å². The summed E-state index contributed by atoms with van der Waals surface area (Å²) in [6.45, 7) is 7.57. The van der Waals surface area contributed by atoms with Crippen LogP contribution in [0.4, 0.5) is 5.69 Å². The average molecular weight is 338 g/mol. The van der Waals surface area contributed by atoms with Gasteiger partial charge in [0.25, 0.3) is 5.91 Å². The predicted octanol–water partition coefficient (Wildman–Crippen LogP) is 2.05. The number of piperazine rings is 1. The molecular weight excluding hydrogens is 310 g/mol. The number of carbonyl (C=O) groups is 1. The Hall–Kier alpha value is -2.33. The van der Waals surface area contributed by atoms with Crippen molar-refractivity contribution >= 4 is 11.6 Å². The molecule has 2 aromatic carbocycles. The zero-order chi connectivity index (χ0) is 17.6. The lowest BCUT2D eigenvalue weighted by molar-refractivity contribution is -0.710. The average Bonchev–Trinajstić information content (AvgIpc) is 2.69. The van der Waals surface area contributed by atoms with Crippen molar-refractivity contribution in [3.8, 4) is 0 Å². The number of nitrogens with zero attached hydrogens (tertiary/aromatic N) is 2. The summed E-state index contributed by atoms with van der Waals surface area (Å²) in [5, 5.41) is 2.17. The third-order valence-electron chi connectivity index (χ3n) is 5.00. The molecule has 4 nitrogen and oxygen atoms in total. The lowest BCUT2D eigenvalue weighted by atomic mass is 10.1. The van der Waals surface area contributed by atoms with Crippen LogP contribution < -0.4 is 10.2 Å². The van der Waals surface area contributed by atoms with Gasteiger partial charge in [-0.1, -0.05) is 48.5 Å². The minimum Gasteiger partial charge on any atom is -0.368 e. The monoisotopic (exact) mass is 338 g/mol. The zero-order valence-electron chi connectivity index (χ0n) is 15.1. The van der Waals surface area contributed by atoms with Gasteiger partial charge >= 0.3 is 0 Å². The summed E-state index contributed by atoms with van der Waals surface area (Å²) in [5.74, 6) is 0.246. The van der Waals surface area contributed by atoms with E-state index in [4.69, 9.17) is 0 Å². The number of hydrogen-bond acceptors (Lipinski definition) is 2. The Labute approximate surface area is 150 Å². The second-order valence-corrected chi connectivity index (χ2v) is 6.83. The zero-order valence-corrected chi connectivity index (χ0v) is 15.1.